The Labute approximate surface area is 256 Å². The maximum Gasteiger partial charge on any atom is 0.411 e. The fourth-order valence-corrected chi connectivity index (χ4v) is 3.71. The molecule has 236 valence electrons. The number of aromatic hydroxyl groups is 1. The molecule has 0 heterocycles. The van der Waals surface area contributed by atoms with Gasteiger partial charge in [-0.25, -0.2) is 9.59 Å². The number of hydrogen-bond acceptors (Lipinski definition) is 6. The van der Waals surface area contributed by atoms with Crippen LogP contribution in [0.4, 0.5) is 10.5 Å². The lowest BCUT2D eigenvalue weighted by atomic mass is 10.2. The van der Waals surface area contributed by atoms with E-state index in [2.05, 4.69) is 78.3 Å². The van der Waals surface area contributed by atoms with Gasteiger partial charge in [-0.15, -0.1) is 0 Å². The molecule has 1 rings (SSSR count). The highest BCUT2D eigenvalue weighted by Gasteiger charge is 2.16. The summed E-state index contributed by atoms with van der Waals surface area (Å²) in [4.78, 5) is 35.4. The monoisotopic (exact) mass is 596 g/mol. The fraction of sp³-hybridized carbons (Fsp3) is 0.441. The summed E-state index contributed by atoms with van der Waals surface area (Å²) in [5.41, 5.74) is -0.185. The number of anilines is 1. The van der Waals surface area contributed by atoms with Crippen molar-refractivity contribution >= 4 is 23.7 Å². The predicted molar refractivity (Wildman–Crippen MR) is 171 cm³/mol. The molecule has 1 atom stereocenters. The molecular formula is C34H48N2O7. The van der Waals surface area contributed by atoms with E-state index in [0.29, 0.717) is 13.0 Å². The van der Waals surface area contributed by atoms with Gasteiger partial charge in [0.25, 0.3) is 0 Å². The number of amides is 2. The van der Waals surface area contributed by atoms with Gasteiger partial charge in [0.1, 0.15) is 24.0 Å². The maximum atomic E-state index is 12.4. The van der Waals surface area contributed by atoms with Crippen molar-refractivity contribution in [3.05, 3.63) is 84.5 Å². The molecule has 1 aromatic rings. The molecule has 0 radical (unpaired) electrons. The number of carbonyl (C=O) groups excluding carboxylic acids is 2. The number of unbranched alkanes of at least 4 members (excludes halogenated alkanes) is 2. The first-order chi connectivity index (χ1) is 20.9. The molecule has 0 saturated carbocycles. The molecule has 0 aliphatic rings. The summed E-state index contributed by atoms with van der Waals surface area (Å²) in [6, 6.07) is 3.62. The second-order valence-electron chi connectivity index (χ2n) is 9.56. The Balaban J connectivity index is 2.10. The van der Waals surface area contributed by atoms with Crippen molar-refractivity contribution in [2.24, 2.45) is 0 Å². The minimum Gasteiger partial charge on any atom is -0.507 e. The normalized spacial score (nSPS) is 12.6. The third-order valence-corrected chi connectivity index (χ3v) is 6.01. The highest BCUT2D eigenvalue weighted by molar-refractivity contribution is 5.94. The second-order valence-corrected chi connectivity index (χ2v) is 9.56. The predicted octanol–water partition coefficient (Wildman–Crippen LogP) is 7.47. The minimum atomic E-state index is -1.32. The highest BCUT2D eigenvalue weighted by atomic mass is 16.5. The lowest BCUT2D eigenvalue weighted by Crippen LogP contribution is -2.38. The summed E-state index contributed by atoms with van der Waals surface area (Å²) in [6.45, 7) is 4.52. The van der Waals surface area contributed by atoms with Crippen LogP contribution in [0.25, 0.3) is 0 Å². The summed E-state index contributed by atoms with van der Waals surface area (Å²) in [7, 11) is 0. The summed E-state index contributed by atoms with van der Waals surface area (Å²) in [6.07, 6.45) is 28.7. The van der Waals surface area contributed by atoms with Crippen LogP contribution < -0.4 is 10.6 Å². The Bertz CT molecular complexity index is 1110. The van der Waals surface area contributed by atoms with E-state index in [9.17, 15) is 19.5 Å². The van der Waals surface area contributed by atoms with E-state index in [-0.39, 0.29) is 30.3 Å². The summed E-state index contributed by atoms with van der Waals surface area (Å²) in [5.74, 6) is -2.00. The third kappa shape index (κ3) is 18.8. The number of carboxylic acid groups (broad SMARTS) is 1. The molecule has 9 nitrogen and oxygen atoms in total. The summed E-state index contributed by atoms with van der Waals surface area (Å²) < 4.78 is 10.7. The molecule has 1 aromatic carbocycles. The van der Waals surface area contributed by atoms with Crippen molar-refractivity contribution in [1.82, 2.24) is 5.32 Å². The number of hydrogen-bond donors (Lipinski definition) is 4. The zero-order chi connectivity index (χ0) is 31.5. The smallest absolute Gasteiger partial charge is 0.411 e. The van der Waals surface area contributed by atoms with Crippen LogP contribution in [-0.2, 0) is 14.3 Å². The number of carbonyl (C=O) groups is 3. The van der Waals surface area contributed by atoms with Gasteiger partial charge in [-0.2, -0.15) is 0 Å². The van der Waals surface area contributed by atoms with Gasteiger partial charge in [0.2, 0.25) is 5.91 Å². The number of ether oxygens (including phenoxy) is 2. The van der Waals surface area contributed by atoms with Crippen molar-refractivity contribution in [3.63, 3.8) is 0 Å². The Kier molecular flexibility index (Phi) is 21.0. The fourth-order valence-electron chi connectivity index (χ4n) is 3.71. The van der Waals surface area contributed by atoms with E-state index in [1.807, 2.05) is 6.92 Å². The number of rotatable bonds is 22. The number of carboxylic acids is 1. The van der Waals surface area contributed by atoms with Crippen LogP contribution in [0.1, 0.15) is 82.0 Å². The molecular weight excluding hydrogens is 548 g/mol. The summed E-state index contributed by atoms with van der Waals surface area (Å²) >= 11 is 0. The zero-order valence-corrected chi connectivity index (χ0v) is 25.5. The molecule has 0 aromatic heterocycles. The van der Waals surface area contributed by atoms with E-state index in [1.165, 1.54) is 6.07 Å². The molecule has 4 N–H and O–H groups in total. The van der Waals surface area contributed by atoms with Crippen LogP contribution in [0.2, 0.25) is 0 Å². The first-order valence-electron chi connectivity index (χ1n) is 15.0. The lowest BCUT2D eigenvalue weighted by Gasteiger charge is -2.16. The highest BCUT2D eigenvalue weighted by Crippen LogP contribution is 2.21. The van der Waals surface area contributed by atoms with E-state index >= 15 is 0 Å². The van der Waals surface area contributed by atoms with Gasteiger partial charge < -0.3 is 25.0 Å². The largest absolute Gasteiger partial charge is 0.507 e. The van der Waals surface area contributed by atoms with Gasteiger partial charge in [0, 0.05) is 12.3 Å². The standard InChI is InChI=1S/C34H48N2O7/c1-3-5-6-7-8-9-10-11-12-13-14-15-16-17-18-19-20-21-25-42-31(4-2)32(38)35-24-26-43-34(41)36-28-22-23-30(37)29(27-28)33(39)40/h5-6,8-9,11-12,14-15,17-18,22-23,27,31,37H,3-4,7,10,13,16,19-21,24-26H2,1-2H3,(H,35,38)(H,36,41)(H,39,40)/b6-5-,9-8-,12-11-,15-14-,18-17-. The van der Waals surface area contributed by atoms with Crippen LogP contribution in [-0.4, -0.2) is 54.0 Å². The van der Waals surface area contributed by atoms with Gasteiger partial charge in [0.05, 0.1) is 6.54 Å². The Morgan fingerprint density at radius 2 is 1.44 bits per heavy atom. The van der Waals surface area contributed by atoms with Gasteiger partial charge in [-0.05, 0) is 76.0 Å². The van der Waals surface area contributed by atoms with E-state index < -0.39 is 23.9 Å². The van der Waals surface area contributed by atoms with Crippen LogP contribution in [0.15, 0.2) is 79.0 Å². The molecule has 0 bridgehead atoms. The molecule has 2 amide bonds. The summed E-state index contributed by atoms with van der Waals surface area (Å²) in [5, 5.41) is 23.6. The molecule has 0 saturated heterocycles. The molecule has 9 heteroatoms. The number of phenols is 1. The maximum absolute atomic E-state index is 12.4. The molecule has 0 spiro atoms. The minimum absolute atomic E-state index is 0.0782. The van der Waals surface area contributed by atoms with Crippen molar-refractivity contribution in [2.45, 2.75) is 77.7 Å². The van der Waals surface area contributed by atoms with E-state index in [0.717, 1.165) is 63.5 Å². The van der Waals surface area contributed by atoms with Crippen LogP contribution in [0, 0.1) is 0 Å². The third-order valence-electron chi connectivity index (χ3n) is 6.01. The number of nitrogens with one attached hydrogen (secondary N) is 2. The molecule has 0 fully saturated rings. The Hall–Kier alpha value is -4.11. The van der Waals surface area contributed by atoms with Gasteiger partial charge in [-0.1, -0.05) is 74.6 Å². The van der Waals surface area contributed by atoms with Crippen LogP contribution in [0.3, 0.4) is 0 Å². The number of benzene rings is 1. The van der Waals surface area contributed by atoms with E-state index in [4.69, 9.17) is 14.6 Å². The van der Waals surface area contributed by atoms with Crippen molar-refractivity contribution in [2.75, 3.05) is 25.1 Å². The quantitative estimate of drug-likeness (QED) is 0.0619. The number of allylic oxidation sites excluding steroid dienone is 10. The molecule has 1 unspecified atom stereocenters. The average molecular weight is 597 g/mol. The average Bonchev–Trinajstić information content (AvgIpc) is 2.99. The van der Waals surface area contributed by atoms with Crippen molar-refractivity contribution < 1.29 is 34.1 Å². The van der Waals surface area contributed by atoms with Crippen LogP contribution in [0.5, 0.6) is 5.75 Å². The van der Waals surface area contributed by atoms with Crippen molar-refractivity contribution in [1.29, 1.82) is 0 Å². The first kappa shape index (κ1) is 36.9. The number of aromatic carboxylic acids is 1. The van der Waals surface area contributed by atoms with E-state index in [1.54, 1.807) is 0 Å². The van der Waals surface area contributed by atoms with Crippen LogP contribution >= 0.6 is 0 Å². The van der Waals surface area contributed by atoms with Crippen molar-refractivity contribution in [3.8, 4) is 5.75 Å². The SMILES string of the molecule is CC/C=C\C/C=C\C/C=C\C/C=C\C/C=C\CCCCOC(CC)C(=O)NCCOC(=O)Nc1ccc(O)c(C(=O)O)c1. The molecule has 0 aliphatic carbocycles. The Morgan fingerprint density at radius 1 is 0.837 bits per heavy atom. The first-order valence-corrected chi connectivity index (χ1v) is 15.0. The lowest BCUT2D eigenvalue weighted by molar-refractivity contribution is -0.133. The Morgan fingerprint density at radius 3 is 2.02 bits per heavy atom. The van der Waals surface area contributed by atoms with Gasteiger partial charge in [-0.3, -0.25) is 10.1 Å². The van der Waals surface area contributed by atoms with Gasteiger partial charge >= 0.3 is 12.1 Å². The second kappa shape index (κ2) is 24.5. The zero-order valence-electron chi connectivity index (χ0n) is 25.5. The van der Waals surface area contributed by atoms with Gasteiger partial charge in [0.15, 0.2) is 0 Å². The molecule has 0 aliphatic heterocycles. The topological polar surface area (TPSA) is 134 Å². The molecule has 43 heavy (non-hydrogen) atoms.